The summed E-state index contributed by atoms with van der Waals surface area (Å²) in [5, 5.41) is 7.70. The van der Waals surface area contributed by atoms with Crippen LogP contribution in [0.2, 0.25) is 10.0 Å². The number of H-pyrrole nitrogens is 1. The Hall–Kier alpha value is -2.21. The molecule has 0 amide bonds. The van der Waals surface area contributed by atoms with Crippen LogP contribution in [0.4, 0.5) is 0 Å². The van der Waals surface area contributed by atoms with Gasteiger partial charge in [-0.2, -0.15) is 0 Å². The quantitative estimate of drug-likeness (QED) is 0.476. The molecule has 0 saturated carbocycles. The molecular weight excluding hydrogens is 479 g/mol. The van der Waals surface area contributed by atoms with E-state index in [4.69, 9.17) is 27.9 Å². The molecule has 3 aromatic rings. The standard InChI is InChI=1S/C20H20Cl2N4O5S/c21-16-5-4-12(9-17(16)22)18-14(10-23-6-7-30-18)11-24-32(28,29)15-3-1-2-13(8-15)19-25-20(27)31-26-19/h1-5,8-9,14,18,23-24H,6-7,10-11H2,(H,25,26,27)/t14-,18-/m0/s1. The van der Waals surface area contributed by atoms with Crippen LogP contribution in [0.25, 0.3) is 11.4 Å². The molecule has 32 heavy (non-hydrogen) atoms. The Balaban J connectivity index is 1.53. The number of ether oxygens (including phenoxy) is 1. The van der Waals surface area contributed by atoms with Crippen LogP contribution < -0.4 is 15.8 Å². The van der Waals surface area contributed by atoms with Crippen molar-refractivity contribution in [3.05, 3.63) is 68.6 Å². The highest BCUT2D eigenvalue weighted by Crippen LogP contribution is 2.32. The van der Waals surface area contributed by atoms with Crippen molar-refractivity contribution in [2.45, 2.75) is 11.0 Å². The second-order valence-corrected chi connectivity index (χ2v) is 9.83. The molecule has 0 bridgehead atoms. The molecule has 12 heteroatoms. The number of aromatic amines is 1. The Labute approximate surface area is 194 Å². The second kappa shape index (κ2) is 9.74. The van der Waals surface area contributed by atoms with Crippen LogP contribution in [0.3, 0.4) is 0 Å². The van der Waals surface area contributed by atoms with Gasteiger partial charge >= 0.3 is 5.76 Å². The number of benzene rings is 2. The number of sulfonamides is 1. The van der Waals surface area contributed by atoms with E-state index in [1.165, 1.54) is 12.1 Å². The molecule has 0 radical (unpaired) electrons. The molecule has 4 rings (SSSR count). The highest BCUT2D eigenvalue weighted by atomic mass is 35.5. The summed E-state index contributed by atoms with van der Waals surface area (Å²) in [5.41, 5.74) is 1.23. The van der Waals surface area contributed by atoms with Crippen molar-refractivity contribution in [3.8, 4) is 11.4 Å². The molecule has 3 N–H and O–H groups in total. The molecule has 0 aliphatic carbocycles. The smallest absolute Gasteiger partial charge is 0.372 e. The maximum absolute atomic E-state index is 13.0. The van der Waals surface area contributed by atoms with Crippen LogP contribution in [0.1, 0.15) is 11.7 Å². The highest BCUT2D eigenvalue weighted by Gasteiger charge is 2.28. The largest absolute Gasteiger partial charge is 0.439 e. The minimum atomic E-state index is -3.85. The van der Waals surface area contributed by atoms with Crippen molar-refractivity contribution in [1.29, 1.82) is 0 Å². The first-order valence-electron chi connectivity index (χ1n) is 9.77. The summed E-state index contributed by atoms with van der Waals surface area (Å²) in [6.45, 7) is 1.81. The van der Waals surface area contributed by atoms with Gasteiger partial charge in [0.25, 0.3) is 0 Å². The van der Waals surface area contributed by atoms with Crippen LogP contribution in [-0.2, 0) is 14.8 Å². The van der Waals surface area contributed by atoms with Crippen LogP contribution in [0, 0.1) is 5.92 Å². The lowest BCUT2D eigenvalue weighted by atomic mass is 9.95. The van der Waals surface area contributed by atoms with Crippen LogP contribution in [0.15, 0.2) is 56.7 Å². The van der Waals surface area contributed by atoms with E-state index in [-0.39, 0.29) is 29.3 Å². The first-order chi connectivity index (χ1) is 15.3. The van der Waals surface area contributed by atoms with Crippen LogP contribution in [-0.4, -0.2) is 44.8 Å². The Morgan fingerprint density at radius 2 is 2.00 bits per heavy atom. The SMILES string of the molecule is O=c1[nH]c(-c2cccc(S(=O)(=O)NC[C@@H]3CNCCO[C@H]3c3ccc(Cl)c(Cl)c3)c2)no1. The molecule has 170 valence electrons. The summed E-state index contributed by atoms with van der Waals surface area (Å²) in [6, 6.07) is 11.3. The summed E-state index contributed by atoms with van der Waals surface area (Å²) in [5.74, 6) is -0.770. The van der Waals surface area contributed by atoms with E-state index in [1.807, 2.05) is 6.07 Å². The van der Waals surface area contributed by atoms with Gasteiger partial charge in [-0.05, 0) is 29.8 Å². The molecular formula is C20H20Cl2N4O5S. The van der Waals surface area contributed by atoms with Crippen molar-refractivity contribution in [2.24, 2.45) is 5.92 Å². The number of halogens is 2. The molecule has 0 unspecified atom stereocenters. The molecule has 1 aromatic heterocycles. The van der Waals surface area contributed by atoms with Gasteiger partial charge in [-0.1, -0.05) is 46.6 Å². The van der Waals surface area contributed by atoms with Gasteiger partial charge in [0.1, 0.15) is 0 Å². The third-order valence-corrected chi connectivity index (χ3v) is 7.24. The molecule has 0 spiro atoms. The molecule has 2 atom stereocenters. The fourth-order valence-corrected chi connectivity index (χ4v) is 4.94. The lowest BCUT2D eigenvalue weighted by Gasteiger charge is -2.25. The van der Waals surface area contributed by atoms with Crippen molar-refractivity contribution in [2.75, 3.05) is 26.2 Å². The molecule has 1 aliphatic rings. The van der Waals surface area contributed by atoms with Crippen molar-refractivity contribution in [3.63, 3.8) is 0 Å². The van der Waals surface area contributed by atoms with Gasteiger partial charge in [0.15, 0.2) is 5.82 Å². The molecule has 1 fully saturated rings. The van der Waals surface area contributed by atoms with E-state index in [1.54, 1.807) is 24.3 Å². The monoisotopic (exact) mass is 498 g/mol. The molecule has 2 aromatic carbocycles. The summed E-state index contributed by atoms with van der Waals surface area (Å²) in [6.07, 6.45) is -0.367. The number of aromatic nitrogens is 2. The van der Waals surface area contributed by atoms with E-state index in [9.17, 15) is 13.2 Å². The first-order valence-corrected chi connectivity index (χ1v) is 12.0. The minimum Gasteiger partial charge on any atom is -0.372 e. The van der Waals surface area contributed by atoms with E-state index < -0.39 is 15.8 Å². The summed E-state index contributed by atoms with van der Waals surface area (Å²) < 4.78 is 39.1. The van der Waals surface area contributed by atoms with Gasteiger partial charge in [-0.15, -0.1) is 0 Å². The van der Waals surface area contributed by atoms with Crippen molar-refractivity contribution < 1.29 is 17.7 Å². The van der Waals surface area contributed by atoms with Gasteiger partial charge in [-0.3, -0.25) is 9.51 Å². The van der Waals surface area contributed by atoms with Gasteiger partial charge in [-0.25, -0.2) is 17.9 Å². The summed E-state index contributed by atoms with van der Waals surface area (Å²) >= 11 is 12.2. The van der Waals surface area contributed by atoms with Gasteiger partial charge in [0.05, 0.1) is 27.7 Å². The van der Waals surface area contributed by atoms with E-state index >= 15 is 0 Å². The Morgan fingerprint density at radius 3 is 2.75 bits per heavy atom. The normalized spacial score (nSPS) is 19.6. The van der Waals surface area contributed by atoms with E-state index in [0.29, 0.717) is 35.3 Å². The minimum absolute atomic E-state index is 0.0347. The topological polar surface area (TPSA) is 126 Å². The Morgan fingerprint density at radius 1 is 1.16 bits per heavy atom. The van der Waals surface area contributed by atoms with Gasteiger partial charge in [0.2, 0.25) is 10.0 Å². The fourth-order valence-electron chi connectivity index (χ4n) is 3.49. The molecule has 1 saturated heterocycles. The lowest BCUT2D eigenvalue weighted by Crippen LogP contribution is -2.36. The number of nitrogens with zero attached hydrogens (tertiary/aromatic N) is 1. The first kappa shape index (κ1) is 23.0. The van der Waals surface area contributed by atoms with Gasteiger partial charge < -0.3 is 10.1 Å². The van der Waals surface area contributed by atoms with Crippen LogP contribution >= 0.6 is 23.2 Å². The predicted octanol–water partition coefficient (Wildman–Crippen LogP) is 2.59. The second-order valence-electron chi connectivity index (χ2n) is 7.25. The predicted molar refractivity (Wildman–Crippen MR) is 119 cm³/mol. The molecule has 1 aliphatic heterocycles. The van der Waals surface area contributed by atoms with E-state index in [0.717, 1.165) is 5.56 Å². The zero-order valence-corrected chi connectivity index (χ0v) is 19.0. The summed E-state index contributed by atoms with van der Waals surface area (Å²) in [4.78, 5) is 13.6. The average Bonchev–Trinajstić information content (AvgIpc) is 3.08. The third kappa shape index (κ3) is 5.22. The van der Waals surface area contributed by atoms with Crippen molar-refractivity contribution >= 4 is 33.2 Å². The average molecular weight is 499 g/mol. The number of hydrogen-bond acceptors (Lipinski definition) is 7. The maximum atomic E-state index is 13.0. The van der Waals surface area contributed by atoms with E-state index in [2.05, 4.69) is 24.7 Å². The van der Waals surface area contributed by atoms with Gasteiger partial charge in [0, 0.05) is 31.1 Å². The highest BCUT2D eigenvalue weighted by molar-refractivity contribution is 7.89. The molecule has 9 nitrogen and oxygen atoms in total. The fraction of sp³-hybridized carbons (Fsp3) is 0.300. The zero-order chi connectivity index (χ0) is 22.7. The summed E-state index contributed by atoms with van der Waals surface area (Å²) in [7, 11) is -3.85. The number of hydrogen-bond donors (Lipinski definition) is 3. The Bertz CT molecular complexity index is 1260. The Kier molecular flexibility index (Phi) is 6.99. The number of nitrogens with one attached hydrogen (secondary N) is 3. The lowest BCUT2D eigenvalue weighted by molar-refractivity contribution is 0.0322. The molecule has 2 heterocycles. The van der Waals surface area contributed by atoms with Crippen molar-refractivity contribution in [1.82, 2.24) is 20.2 Å². The number of rotatable bonds is 6. The third-order valence-electron chi connectivity index (χ3n) is 5.08. The maximum Gasteiger partial charge on any atom is 0.439 e. The van der Waals surface area contributed by atoms with Crippen LogP contribution in [0.5, 0.6) is 0 Å². The zero-order valence-electron chi connectivity index (χ0n) is 16.7.